The first-order valence-corrected chi connectivity index (χ1v) is 14.8. The van der Waals surface area contributed by atoms with Crippen LogP contribution in [0, 0.1) is 24.1 Å². The Balaban J connectivity index is 1.74. The van der Waals surface area contributed by atoms with Gasteiger partial charge in [-0.25, -0.2) is 8.96 Å². The number of benzene rings is 3. The molecule has 1 unspecified atom stereocenters. The molecule has 228 valence electrons. The van der Waals surface area contributed by atoms with Gasteiger partial charge in [0.2, 0.25) is 0 Å². The minimum Gasteiger partial charge on any atom is -0.496 e. The lowest BCUT2D eigenvalue weighted by Gasteiger charge is -2.39. The number of amides is 1. The quantitative estimate of drug-likeness (QED) is 0.242. The minimum absolute atomic E-state index is 0.000507. The molecule has 3 aromatic rings. The second-order valence-electron chi connectivity index (χ2n) is 10.6. The first-order chi connectivity index (χ1) is 20.2. The number of hydrogen-bond acceptors (Lipinski definition) is 8. The number of nitrogens with zero attached hydrogens (tertiary/aromatic N) is 2. The van der Waals surface area contributed by atoms with Gasteiger partial charge in [-0.1, -0.05) is 12.1 Å². The molecule has 43 heavy (non-hydrogen) atoms. The first-order valence-electron chi connectivity index (χ1n) is 13.3. The Hall–Kier alpha value is -4.14. The molecule has 1 heterocycles. The molecule has 1 aliphatic rings. The van der Waals surface area contributed by atoms with Crippen LogP contribution in [0.4, 0.5) is 15.8 Å². The summed E-state index contributed by atoms with van der Waals surface area (Å²) in [5.41, 5.74) is 3.20. The maximum atomic E-state index is 14.0. The summed E-state index contributed by atoms with van der Waals surface area (Å²) in [5, 5.41) is 12.3. The maximum Gasteiger partial charge on any atom is 0.470 e. The smallest absolute Gasteiger partial charge is 0.470 e. The summed E-state index contributed by atoms with van der Waals surface area (Å²) >= 11 is 0. The predicted molar refractivity (Wildman–Crippen MR) is 158 cm³/mol. The number of phosphoric acid groups is 1. The van der Waals surface area contributed by atoms with Gasteiger partial charge >= 0.3 is 7.82 Å². The summed E-state index contributed by atoms with van der Waals surface area (Å²) in [6.45, 7) is 5.11. The number of anilines is 2. The fourth-order valence-corrected chi connectivity index (χ4v) is 5.43. The SMILES string of the molecule is COc1cc(OCC(CC#N)OP(=O)(O)O)ccc1-c1ccc2c(c1COc1cc(F)ccc1C)N(C)C(=O)C(C)(C)N2. The predicted octanol–water partition coefficient (Wildman–Crippen LogP) is 5.33. The van der Waals surface area contributed by atoms with Crippen molar-refractivity contribution >= 4 is 25.1 Å². The molecule has 13 heteroatoms. The van der Waals surface area contributed by atoms with E-state index in [-0.39, 0.29) is 25.5 Å². The van der Waals surface area contributed by atoms with E-state index in [4.69, 9.17) is 29.3 Å². The van der Waals surface area contributed by atoms with Gasteiger partial charge in [-0.3, -0.25) is 9.32 Å². The van der Waals surface area contributed by atoms with Crippen LogP contribution in [0.2, 0.25) is 0 Å². The minimum atomic E-state index is -4.83. The molecule has 0 fully saturated rings. The van der Waals surface area contributed by atoms with E-state index >= 15 is 0 Å². The van der Waals surface area contributed by atoms with Crippen LogP contribution in [-0.2, 0) is 20.5 Å². The van der Waals surface area contributed by atoms with E-state index in [1.165, 1.54) is 19.2 Å². The van der Waals surface area contributed by atoms with Gasteiger partial charge in [-0.05, 0) is 56.2 Å². The number of carbonyl (C=O) groups excluding carboxylic acids is 1. The second-order valence-corrected chi connectivity index (χ2v) is 11.7. The molecule has 3 N–H and O–H groups in total. The van der Waals surface area contributed by atoms with Gasteiger partial charge in [0.1, 0.15) is 47.9 Å². The van der Waals surface area contributed by atoms with Crippen LogP contribution in [0.3, 0.4) is 0 Å². The fourth-order valence-electron chi connectivity index (χ4n) is 4.90. The number of halogens is 1. The number of phosphoric ester groups is 1. The Morgan fingerprint density at radius 3 is 2.49 bits per heavy atom. The van der Waals surface area contributed by atoms with E-state index in [0.29, 0.717) is 39.6 Å². The van der Waals surface area contributed by atoms with Gasteiger partial charge in [-0.2, -0.15) is 5.26 Å². The van der Waals surface area contributed by atoms with Crippen LogP contribution in [0.1, 0.15) is 31.4 Å². The van der Waals surface area contributed by atoms with E-state index in [9.17, 15) is 13.8 Å². The molecule has 0 saturated carbocycles. The zero-order chi connectivity index (χ0) is 31.5. The molecule has 3 aromatic carbocycles. The number of carbonyl (C=O) groups is 1. The van der Waals surface area contributed by atoms with Crippen LogP contribution in [0.5, 0.6) is 17.2 Å². The third-order valence-corrected chi connectivity index (χ3v) is 7.50. The highest BCUT2D eigenvalue weighted by molar-refractivity contribution is 7.46. The fraction of sp³-hybridized carbons (Fsp3) is 0.333. The van der Waals surface area contributed by atoms with Crippen molar-refractivity contribution in [2.24, 2.45) is 0 Å². The summed E-state index contributed by atoms with van der Waals surface area (Å²) in [6, 6.07) is 14.8. The van der Waals surface area contributed by atoms with Crippen LogP contribution >= 0.6 is 7.82 Å². The highest BCUT2D eigenvalue weighted by Gasteiger charge is 2.39. The Kier molecular flexibility index (Phi) is 9.32. The Morgan fingerprint density at radius 2 is 1.81 bits per heavy atom. The van der Waals surface area contributed by atoms with Crippen molar-refractivity contribution in [1.29, 1.82) is 5.26 Å². The van der Waals surface area contributed by atoms with Gasteiger partial charge in [0, 0.05) is 30.3 Å². The molecule has 4 rings (SSSR count). The summed E-state index contributed by atoms with van der Waals surface area (Å²) < 4.78 is 47.4. The monoisotopic (exact) mass is 613 g/mol. The van der Waals surface area contributed by atoms with Crippen molar-refractivity contribution in [2.75, 3.05) is 31.0 Å². The molecule has 11 nitrogen and oxygen atoms in total. The molecule has 1 amide bonds. The summed E-state index contributed by atoms with van der Waals surface area (Å²) in [5.74, 6) is 0.473. The number of nitrogens with one attached hydrogen (secondary N) is 1. The van der Waals surface area contributed by atoms with E-state index in [0.717, 1.165) is 11.3 Å². The number of nitriles is 1. The zero-order valence-electron chi connectivity index (χ0n) is 24.4. The second kappa shape index (κ2) is 12.6. The highest BCUT2D eigenvalue weighted by Crippen LogP contribution is 2.45. The first kappa shape index (κ1) is 31.8. The van der Waals surface area contributed by atoms with Gasteiger partial charge < -0.3 is 34.2 Å². The van der Waals surface area contributed by atoms with Gasteiger partial charge in [0.25, 0.3) is 5.91 Å². The van der Waals surface area contributed by atoms with Crippen molar-refractivity contribution in [1.82, 2.24) is 0 Å². The molecule has 1 aliphatic heterocycles. The summed E-state index contributed by atoms with van der Waals surface area (Å²) in [6.07, 6.45) is -1.45. The molecule has 0 spiro atoms. The number of fused-ring (bicyclic) bond motifs is 1. The average molecular weight is 614 g/mol. The molecule has 1 atom stereocenters. The van der Waals surface area contributed by atoms with Crippen LogP contribution < -0.4 is 24.4 Å². The lowest BCUT2D eigenvalue weighted by molar-refractivity contribution is -0.121. The third kappa shape index (κ3) is 7.27. The summed E-state index contributed by atoms with van der Waals surface area (Å²) in [7, 11) is -1.66. The van der Waals surface area contributed by atoms with Crippen molar-refractivity contribution in [2.45, 2.75) is 45.4 Å². The number of hydrogen-bond donors (Lipinski definition) is 3. The number of ether oxygens (including phenoxy) is 3. The third-order valence-electron chi connectivity index (χ3n) is 6.93. The van der Waals surface area contributed by atoms with E-state index in [1.54, 1.807) is 50.1 Å². The van der Waals surface area contributed by atoms with E-state index < -0.39 is 25.3 Å². The van der Waals surface area contributed by atoms with Crippen LogP contribution in [-0.4, -0.2) is 48.1 Å². The van der Waals surface area contributed by atoms with Crippen LogP contribution in [0.25, 0.3) is 11.1 Å². The Labute approximate surface area is 249 Å². The molecular formula is C30H33FN3O8P. The van der Waals surface area contributed by atoms with E-state index in [1.807, 2.05) is 25.1 Å². The topological polar surface area (TPSA) is 151 Å². The highest BCUT2D eigenvalue weighted by atomic mass is 31.2. The number of likely N-dealkylation sites (N-methyl/N-ethyl adjacent to an activating group) is 1. The Bertz CT molecular complexity index is 1620. The van der Waals surface area contributed by atoms with Crippen molar-refractivity contribution in [3.8, 4) is 34.4 Å². The van der Waals surface area contributed by atoms with Crippen molar-refractivity contribution in [3.05, 3.63) is 65.5 Å². The van der Waals surface area contributed by atoms with E-state index in [2.05, 4.69) is 9.84 Å². The molecule has 0 aliphatic carbocycles. The standard InChI is InChI=1S/C30H33FN3O8P/c1-18-6-7-19(31)14-26(18)41-17-24-22(10-11-25-28(24)34(4)29(35)30(2,3)33-25)23-9-8-20(15-27(23)39-5)40-16-21(12-13-32)42-43(36,37)38/h6-11,14-15,21,33H,12,16-17H2,1-5H3,(H2,36,37,38). The molecule has 0 saturated heterocycles. The van der Waals surface area contributed by atoms with Gasteiger partial charge in [0.15, 0.2) is 0 Å². The largest absolute Gasteiger partial charge is 0.496 e. The van der Waals surface area contributed by atoms with Gasteiger partial charge in [-0.15, -0.1) is 0 Å². The number of methoxy groups -OCH3 is 1. The van der Waals surface area contributed by atoms with Gasteiger partial charge in [0.05, 0.1) is 31.0 Å². The molecular weight excluding hydrogens is 580 g/mol. The molecule has 0 radical (unpaired) electrons. The van der Waals surface area contributed by atoms with Crippen molar-refractivity contribution in [3.63, 3.8) is 0 Å². The number of aryl methyl sites for hydroxylation is 1. The Morgan fingerprint density at radius 1 is 1.09 bits per heavy atom. The maximum absolute atomic E-state index is 14.0. The average Bonchev–Trinajstić information content (AvgIpc) is 2.94. The molecule has 0 aromatic heterocycles. The lowest BCUT2D eigenvalue weighted by Crippen LogP contribution is -2.52. The van der Waals surface area contributed by atoms with Crippen LogP contribution in [0.15, 0.2) is 48.5 Å². The van der Waals surface area contributed by atoms with Crippen molar-refractivity contribution < 1.29 is 42.3 Å². The zero-order valence-corrected chi connectivity index (χ0v) is 25.3. The lowest BCUT2D eigenvalue weighted by atomic mass is 9.91. The molecule has 0 bridgehead atoms. The number of rotatable bonds is 11. The normalized spacial score (nSPS) is 14.8. The summed E-state index contributed by atoms with van der Waals surface area (Å²) in [4.78, 5) is 33.1.